The van der Waals surface area contributed by atoms with Gasteiger partial charge in [-0.15, -0.1) is 0 Å². The molecule has 1 fully saturated rings. The van der Waals surface area contributed by atoms with Gasteiger partial charge in [0.15, 0.2) is 0 Å². The molecule has 1 atom stereocenters. The molecular weight excluding hydrogens is 202 g/mol. The van der Waals surface area contributed by atoms with Crippen LogP contribution in [0.2, 0.25) is 0 Å². The van der Waals surface area contributed by atoms with Crippen molar-refractivity contribution in [2.45, 2.75) is 25.9 Å². The predicted molar refractivity (Wildman–Crippen MR) is 64.1 cm³/mol. The topological polar surface area (TPSA) is 30.5 Å². The molecule has 1 aliphatic heterocycles. The fourth-order valence-corrected chi connectivity index (χ4v) is 1.89. The van der Waals surface area contributed by atoms with E-state index >= 15 is 0 Å². The van der Waals surface area contributed by atoms with Gasteiger partial charge in [-0.05, 0) is 50.6 Å². The van der Waals surface area contributed by atoms with E-state index in [2.05, 4.69) is 5.32 Å². The molecule has 3 nitrogen and oxygen atoms in total. The summed E-state index contributed by atoms with van der Waals surface area (Å²) < 4.78 is 11.3. The Morgan fingerprint density at radius 1 is 1.25 bits per heavy atom. The molecule has 1 N–H and O–H groups in total. The Balaban J connectivity index is 1.88. The van der Waals surface area contributed by atoms with Gasteiger partial charge >= 0.3 is 0 Å². The summed E-state index contributed by atoms with van der Waals surface area (Å²) in [6, 6.07) is 7.85. The minimum Gasteiger partial charge on any atom is -0.494 e. The summed E-state index contributed by atoms with van der Waals surface area (Å²) >= 11 is 0. The van der Waals surface area contributed by atoms with Crippen LogP contribution >= 0.6 is 0 Å². The van der Waals surface area contributed by atoms with Crippen LogP contribution in [0, 0.1) is 0 Å². The molecule has 88 valence electrons. The second-order valence-electron chi connectivity index (χ2n) is 3.99. The van der Waals surface area contributed by atoms with Crippen molar-refractivity contribution >= 4 is 0 Å². The summed E-state index contributed by atoms with van der Waals surface area (Å²) in [5, 5.41) is 3.34. The zero-order valence-electron chi connectivity index (χ0n) is 9.74. The van der Waals surface area contributed by atoms with Gasteiger partial charge in [-0.25, -0.2) is 0 Å². The fraction of sp³-hybridized carbons (Fsp3) is 0.538. The van der Waals surface area contributed by atoms with Crippen molar-refractivity contribution < 1.29 is 9.47 Å². The summed E-state index contributed by atoms with van der Waals surface area (Å²) in [5.41, 5.74) is 0. The third-order valence-corrected chi connectivity index (χ3v) is 2.69. The lowest BCUT2D eigenvalue weighted by molar-refractivity contribution is 0.167. The highest BCUT2D eigenvalue weighted by Crippen LogP contribution is 2.20. The zero-order valence-corrected chi connectivity index (χ0v) is 9.74. The SMILES string of the molecule is CCOc1ccc(OC2CCCNC2)cc1. The molecule has 1 aliphatic rings. The number of ether oxygens (including phenoxy) is 2. The molecule has 1 unspecified atom stereocenters. The third-order valence-electron chi connectivity index (χ3n) is 2.69. The first-order chi connectivity index (χ1) is 7.88. The summed E-state index contributed by atoms with van der Waals surface area (Å²) in [4.78, 5) is 0. The molecule has 0 aliphatic carbocycles. The Kier molecular flexibility index (Phi) is 4.05. The first-order valence-electron chi connectivity index (χ1n) is 5.98. The predicted octanol–water partition coefficient (Wildman–Crippen LogP) is 2.22. The second-order valence-corrected chi connectivity index (χ2v) is 3.99. The molecule has 1 aromatic rings. The molecular formula is C13H19NO2. The third kappa shape index (κ3) is 3.14. The second kappa shape index (κ2) is 5.75. The van der Waals surface area contributed by atoms with Crippen molar-refractivity contribution in [3.05, 3.63) is 24.3 Å². The Labute approximate surface area is 96.8 Å². The van der Waals surface area contributed by atoms with Crippen LogP contribution in [0.4, 0.5) is 0 Å². The maximum Gasteiger partial charge on any atom is 0.120 e. The highest BCUT2D eigenvalue weighted by molar-refractivity contribution is 5.31. The normalized spacial score (nSPS) is 20.4. The lowest BCUT2D eigenvalue weighted by atomic mass is 10.1. The average molecular weight is 221 g/mol. The van der Waals surface area contributed by atoms with Crippen LogP contribution in [0.1, 0.15) is 19.8 Å². The Morgan fingerprint density at radius 3 is 2.62 bits per heavy atom. The van der Waals surface area contributed by atoms with Crippen molar-refractivity contribution in [3.63, 3.8) is 0 Å². The average Bonchev–Trinajstić information content (AvgIpc) is 2.33. The number of rotatable bonds is 4. The molecule has 0 bridgehead atoms. The molecule has 0 aromatic heterocycles. The maximum absolute atomic E-state index is 5.87. The minimum absolute atomic E-state index is 0.312. The molecule has 0 saturated carbocycles. The smallest absolute Gasteiger partial charge is 0.120 e. The standard InChI is InChI=1S/C13H19NO2/c1-2-15-11-5-7-12(8-6-11)16-13-4-3-9-14-10-13/h5-8,13-14H,2-4,9-10H2,1H3. The van der Waals surface area contributed by atoms with Crippen LogP contribution in [0.25, 0.3) is 0 Å². The summed E-state index contributed by atoms with van der Waals surface area (Å²) in [7, 11) is 0. The number of hydrogen-bond donors (Lipinski definition) is 1. The molecule has 1 saturated heterocycles. The van der Waals surface area contributed by atoms with Crippen molar-refractivity contribution in [2.75, 3.05) is 19.7 Å². The Morgan fingerprint density at radius 2 is 2.00 bits per heavy atom. The molecule has 1 heterocycles. The molecule has 0 spiro atoms. The minimum atomic E-state index is 0.312. The van der Waals surface area contributed by atoms with Crippen molar-refractivity contribution in [3.8, 4) is 11.5 Å². The number of piperidine rings is 1. The largest absolute Gasteiger partial charge is 0.494 e. The van der Waals surface area contributed by atoms with Gasteiger partial charge < -0.3 is 14.8 Å². The van der Waals surface area contributed by atoms with E-state index in [4.69, 9.17) is 9.47 Å². The van der Waals surface area contributed by atoms with Gasteiger partial charge in [-0.1, -0.05) is 0 Å². The highest BCUT2D eigenvalue weighted by Gasteiger charge is 2.13. The monoisotopic (exact) mass is 221 g/mol. The van der Waals surface area contributed by atoms with Crippen LogP contribution in [-0.4, -0.2) is 25.8 Å². The molecule has 1 aromatic carbocycles. The highest BCUT2D eigenvalue weighted by atomic mass is 16.5. The molecule has 3 heteroatoms. The van der Waals surface area contributed by atoms with Gasteiger partial charge in [0.2, 0.25) is 0 Å². The lowest BCUT2D eigenvalue weighted by Crippen LogP contribution is -2.37. The van der Waals surface area contributed by atoms with Crippen LogP contribution in [0.15, 0.2) is 24.3 Å². The van der Waals surface area contributed by atoms with E-state index < -0.39 is 0 Å². The molecule has 2 rings (SSSR count). The van der Waals surface area contributed by atoms with Gasteiger partial charge in [0, 0.05) is 6.54 Å². The van der Waals surface area contributed by atoms with Gasteiger partial charge in [0.1, 0.15) is 17.6 Å². The molecule has 0 amide bonds. The van der Waals surface area contributed by atoms with Gasteiger partial charge in [0.25, 0.3) is 0 Å². The first kappa shape index (κ1) is 11.3. The quantitative estimate of drug-likeness (QED) is 0.845. The van der Waals surface area contributed by atoms with Crippen LogP contribution in [0.3, 0.4) is 0 Å². The Bertz CT molecular complexity index is 304. The van der Waals surface area contributed by atoms with Crippen LogP contribution < -0.4 is 14.8 Å². The van der Waals surface area contributed by atoms with Crippen molar-refractivity contribution in [2.24, 2.45) is 0 Å². The van der Waals surface area contributed by atoms with E-state index in [1.165, 1.54) is 6.42 Å². The van der Waals surface area contributed by atoms with E-state index in [1.807, 2.05) is 31.2 Å². The van der Waals surface area contributed by atoms with Crippen molar-refractivity contribution in [1.29, 1.82) is 0 Å². The van der Waals surface area contributed by atoms with Crippen LogP contribution in [0.5, 0.6) is 11.5 Å². The van der Waals surface area contributed by atoms with Crippen LogP contribution in [-0.2, 0) is 0 Å². The summed E-state index contributed by atoms with van der Waals surface area (Å²) in [6.07, 6.45) is 2.65. The summed E-state index contributed by atoms with van der Waals surface area (Å²) in [5.74, 6) is 1.83. The van der Waals surface area contributed by atoms with E-state index in [1.54, 1.807) is 0 Å². The van der Waals surface area contributed by atoms with E-state index in [-0.39, 0.29) is 0 Å². The molecule has 16 heavy (non-hydrogen) atoms. The molecule has 0 radical (unpaired) electrons. The summed E-state index contributed by atoms with van der Waals surface area (Å²) in [6.45, 7) is 4.75. The maximum atomic E-state index is 5.87. The van der Waals surface area contributed by atoms with E-state index in [0.29, 0.717) is 12.7 Å². The fourth-order valence-electron chi connectivity index (χ4n) is 1.89. The van der Waals surface area contributed by atoms with Gasteiger partial charge in [-0.3, -0.25) is 0 Å². The number of benzene rings is 1. The van der Waals surface area contributed by atoms with Gasteiger partial charge in [0.05, 0.1) is 6.61 Å². The number of hydrogen-bond acceptors (Lipinski definition) is 3. The van der Waals surface area contributed by atoms with E-state index in [9.17, 15) is 0 Å². The van der Waals surface area contributed by atoms with Crippen molar-refractivity contribution in [1.82, 2.24) is 5.32 Å². The Hall–Kier alpha value is -1.22. The van der Waals surface area contributed by atoms with Gasteiger partial charge in [-0.2, -0.15) is 0 Å². The lowest BCUT2D eigenvalue weighted by Gasteiger charge is -2.23. The number of nitrogens with one attached hydrogen (secondary N) is 1. The van der Waals surface area contributed by atoms with E-state index in [0.717, 1.165) is 31.0 Å². The zero-order chi connectivity index (χ0) is 11.2. The first-order valence-corrected chi connectivity index (χ1v) is 5.98.